The van der Waals surface area contributed by atoms with Gasteiger partial charge in [-0.3, -0.25) is 4.79 Å². The highest BCUT2D eigenvalue weighted by molar-refractivity contribution is 7.89. The van der Waals surface area contributed by atoms with E-state index in [9.17, 15) is 13.2 Å². The Bertz CT molecular complexity index is 920. The van der Waals surface area contributed by atoms with Crippen molar-refractivity contribution in [2.24, 2.45) is 0 Å². The van der Waals surface area contributed by atoms with Crippen LogP contribution in [0.5, 0.6) is 0 Å². The van der Waals surface area contributed by atoms with E-state index in [-0.39, 0.29) is 5.91 Å². The van der Waals surface area contributed by atoms with Gasteiger partial charge in [0.25, 0.3) is 0 Å². The summed E-state index contributed by atoms with van der Waals surface area (Å²) in [5.74, 6) is -0.117. The molecule has 26 heavy (non-hydrogen) atoms. The average Bonchev–Trinajstić information content (AvgIpc) is 2.95. The third-order valence-electron chi connectivity index (χ3n) is 4.35. The van der Waals surface area contributed by atoms with Gasteiger partial charge in [-0.25, -0.2) is 13.4 Å². The van der Waals surface area contributed by atoms with Crippen molar-refractivity contribution in [1.29, 1.82) is 0 Å². The van der Waals surface area contributed by atoms with Gasteiger partial charge in [-0.05, 0) is 26.3 Å². The quantitative estimate of drug-likeness (QED) is 0.847. The van der Waals surface area contributed by atoms with Crippen molar-refractivity contribution in [1.82, 2.24) is 9.29 Å². The highest BCUT2D eigenvalue weighted by atomic mass is 32.2. The van der Waals surface area contributed by atoms with Crippen LogP contribution in [0.1, 0.15) is 35.5 Å². The van der Waals surface area contributed by atoms with E-state index >= 15 is 0 Å². The first-order chi connectivity index (χ1) is 12.3. The number of rotatable bonds is 5. The fraction of sp³-hybridized carbons (Fsp3) is 0.444. The third-order valence-corrected chi connectivity index (χ3v) is 7.57. The number of carbonyl (C=O) groups is 1. The molecule has 140 valence electrons. The van der Waals surface area contributed by atoms with Crippen molar-refractivity contribution in [3.8, 4) is 0 Å². The molecule has 2 aromatic rings. The molecule has 1 amide bonds. The van der Waals surface area contributed by atoms with E-state index in [1.165, 1.54) is 15.6 Å². The van der Waals surface area contributed by atoms with Crippen LogP contribution in [0.15, 0.2) is 24.3 Å². The number of hydrogen-bond acceptors (Lipinski definition) is 5. The predicted molar refractivity (Wildman–Crippen MR) is 104 cm³/mol. The maximum atomic E-state index is 12.4. The normalized spacial score (nSPS) is 15.1. The number of sulfonamides is 1. The zero-order chi connectivity index (χ0) is 18.9. The van der Waals surface area contributed by atoms with Crippen molar-refractivity contribution in [3.05, 3.63) is 46.0 Å². The molecule has 0 unspecified atom stereocenters. The highest BCUT2D eigenvalue weighted by Crippen LogP contribution is 2.30. The summed E-state index contributed by atoms with van der Waals surface area (Å²) in [6.07, 6.45) is 0.866. The number of benzene rings is 1. The second-order valence-corrected chi connectivity index (χ2v) is 10.4. The zero-order valence-electron chi connectivity index (χ0n) is 15.2. The maximum Gasteiger partial charge on any atom is 0.230 e. The van der Waals surface area contributed by atoms with Gasteiger partial charge in [-0.1, -0.05) is 29.8 Å². The number of anilines is 1. The number of fused-ring (bicyclic) bond motifs is 1. The fourth-order valence-electron chi connectivity index (χ4n) is 2.91. The second-order valence-electron chi connectivity index (χ2n) is 6.78. The lowest BCUT2D eigenvalue weighted by atomic mass is 10.1. The van der Waals surface area contributed by atoms with Gasteiger partial charge >= 0.3 is 0 Å². The lowest BCUT2D eigenvalue weighted by Crippen LogP contribution is -2.39. The van der Waals surface area contributed by atoms with E-state index in [1.54, 1.807) is 13.8 Å². The van der Waals surface area contributed by atoms with E-state index in [0.29, 0.717) is 31.1 Å². The van der Waals surface area contributed by atoms with Gasteiger partial charge < -0.3 is 5.32 Å². The monoisotopic (exact) mass is 393 g/mol. The van der Waals surface area contributed by atoms with E-state index in [0.717, 1.165) is 21.7 Å². The van der Waals surface area contributed by atoms with Gasteiger partial charge in [0, 0.05) is 24.4 Å². The smallest absolute Gasteiger partial charge is 0.230 e. The molecular weight excluding hydrogens is 370 g/mol. The first kappa shape index (κ1) is 19.0. The Morgan fingerprint density at radius 2 is 2.15 bits per heavy atom. The lowest BCUT2D eigenvalue weighted by Gasteiger charge is -2.26. The summed E-state index contributed by atoms with van der Waals surface area (Å²) in [5, 5.41) is 2.94. The summed E-state index contributed by atoms with van der Waals surface area (Å²) in [6, 6.07) is 7.84. The Morgan fingerprint density at radius 1 is 1.38 bits per heavy atom. The molecule has 6 nitrogen and oxygen atoms in total. The molecular formula is C18H23N3O3S2. The van der Waals surface area contributed by atoms with Crippen LogP contribution in [-0.2, 0) is 34.2 Å². The van der Waals surface area contributed by atoms with Gasteiger partial charge in [0.15, 0.2) is 5.13 Å². The second kappa shape index (κ2) is 7.46. The third kappa shape index (κ3) is 4.13. The first-order valence-electron chi connectivity index (χ1n) is 8.58. The van der Waals surface area contributed by atoms with Crippen LogP contribution < -0.4 is 5.32 Å². The molecule has 0 spiro atoms. The van der Waals surface area contributed by atoms with E-state index in [4.69, 9.17) is 0 Å². The molecule has 8 heteroatoms. The Morgan fingerprint density at radius 3 is 2.85 bits per heavy atom. The van der Waals surface area contributed by atoms with Crippen LogP contribution in [0.4, 0.5) is 5.13 Å². The molecule has 0 saturated heterocycles. The molecule has 0 atom stereocenters. The molecule has 1 N–H and O–H groups in total. The van der Waals surface area contributed by atoms with Crippen molar-refractivity contribution in [2.45, 2.75) is 45.4 Å². The van der Waals surface area contributed by atoms with Crippen LogP contribution in [0, 0.1) is 6.92 Å². The number of thiazole rings is 1. The highest BCUT2D eigenvalue weighted by Gasteiger charge is 2.31. The largest absolute Gasteiger partial charge is 0.302 e. The summed E-state index contributed by atoms with van der Waals surface area (Å²) in [5.41, 5.74) is 2.96. The maximum absolute atomic E-state index is 12.4. The summed E-state index contributed by atoms with van der Waals surface area (Å²) in [4.78, 5) is 17.7. The van der Waals surface area contributed by atoms with Gasteiger partial charge in [0.1, 0.15) is 0 Å². The molecule has 0 radical (unpaired) electrons. The summed E-state index contributed by atoms with van der Waals surface area (Å²) in [6.45, 7) is 6.14. The van der Waals surface area contributed by atoms with Crippen LogP contribution in [0.2, 0.25) is 0 Å². The van der Waals surface area contributed by atoms with Gasteiger partial charge in [-0.2, -0.15) is 4.31 Å². The van der Waals surface area contributed by atoms with Crippen LogP contribution in [0.25, 0.3) is 0 Å². The van der Waals surface area contributed by atoms with Gasteiger partial charge in [0.05, 0.1) is 17.4 Å². The molecule has 2 heterocycles. The number of hydrogen-bond donors (Lipinski definition) is 1. The van der Waals surface area contributed by atoms with Crippen LogP contribution in [-0.4, -0.2) is 35.4 Å². The standard InChI is InChI=1S/C18H23N3O3S2/c1-12(2)26(23,24)21-8-7-15-16(11-21)25-18(19-15)20-17(22)10-14-6-4-5-13(3)9-14/h4-6,9,12H,7-8,10-11H2,1-3H3,(H,19,20,22). The Kier molecular flexibility index (Phi) is 5.45. The van der Waals surface area contributed by atoms with Gasteiger partial charge in [0.2, 0.25) is 15.9 Å². The SMILES string of the molecule is Cc1cccc(CC(=O)Nc2nc3c(s2)CN(S(=O)(=O)C(C)C)CC3)c1. The van der Waals surface area contributed by atoms with Crippen LogP contribution >= 0.6 is 11.3 Å². The molecule has 0 saturated carbocycles. The zero-order valence-corrected chi connectivity index (χ0v) is 16.8. The average molecular weight is 394 g/mol. The van der Waals surface area contributed by atoms with Crippen molar-refractivity contribution in [2.75, 3.05) is 11.9 Å². The minimum Gasteiger partial charge on any atom is -0.302 e. The minimum absolute atomic E-state index is 0.117. The Hall–Kier alpha value is -1.77. The molecule has 1 aromatic carbocycles. The minimum atomic E-state index is -3.28. The number of aryl methyl sites for hydroxylation is 1. The molecule has 3 rings (SSSR count). The van der Waals surface area contributed by atoms with Crippen molar-refractivity contribution < 1.29 is 13.2 Å². The van der Waals surface area contributed by atoms with Crippen molar-refractivity contribution in [3.63, 3.8) is 0 Å². The number of nitrogens with zero attached hydrogens (tertiary/aromatic N) is 2. The van der Waals surface area contributed by atoms with E-state index in [1.807, 2.05) is 31.2 Å². The molecule has 1 aromatic heterocycles. The Balaban J connectivity index is 1.67. The van der Waals surface area contributed by atoms with E-state index < -0.39 is 15.3 Å². The molecule has 1 aliphatic rings. The number of amides is 1. The predicted octanol–water partition coefficient (Wildman–Crippen LogP) is 2.73. The number of carbonyl (C=O) groups excluding carboxylic acids is 1. The molecule has 0 bridgehead atoms. The fourth-order valence-corrected chi connectivity index (χ4v) is 5.28. The molecule has 1 aliphatic heterocycles. The van der Waals surface area contributed by atoms with Crippen molar-refractivity contribution >= 4 is 32.4 Å². The summed E-state index contributed by atoms with van der Waals surface area (Å²) in [7, 11) is -3.28. The van der Waals surface area contributed by atoms with Crippen LogP contribution in [0.3, 0.4) is 0 Å². The topological polar surface area (TPSA) is 79.4 Å². The lowest BCUT2D eigenvalue weighted by molar-refractivity contribution is -0.115. The first-order valence-corrected chi connectivity index (χ1v) is 10.9. The Labute approximate surface area is 158 Å². The number of nitrogens with one attached hydrogen (secondary N) is 1. The van der Waals surface area contributed by atoms with E-state index in [2.05, 4.69) is 10.3 Å². The van der Waals surface area contributed by atoms with Gasteiger partial charge in [-0.15, -0.1) is 11.3 Å². The molecule has 0 fully saturated rings. The number of aromatic nitrogens is 1. The summed E-state index contributed by atoms with van der Waals surface area (Å²) < 4.78 is 26.2. The molecule has 0 aliphatic carbocycles. The summed E-state index contributed by atoms with van der Waals surface area (Å²) >= 11 is 1.36.